The Kier molecular flexibility index (Phi) is 10.5. The molecule has 2 N–H and O–H groups in total. The van der Waals surface area contributed by atoms with Crippen LogP contribution in [0.2, 0.25) is 0 Å². The van der Waals surface area contributed by atoms with Crippen LogP contribution < -0.4 is 5.32 Å². The molecule has 0 heterocycles. The fourth-order valence-electron chi connectivity index (χ4n) is 1.46. The number of Topliss-reactive ketones (excluding diaryl/α,β-unsaturated/α-hetero) is 1. The molecule has 0 bridgehead atoms. The summed E-state index contributed by atoms with van der Waals surface area (Å²) in [5, 5.41) is 2.13. The SMILES string of the molecule is CCCCP(=O)(O)CC(=O)CNC(=O)OCOC(=O)CCC. The summed E-state index contributed by atoms with van der Waals surface area (Å²) in [4.78, 5) is 43.3. The van der Waals surface area contributed by atoms with E-state index >= 15 is 0 Å². The second kappa shape index (κ2) is 11.2. The summed E-state index contributed by atoms with van der Waals surface area (Å²) in [7, 11) is -3.48. The maximum atomic E-state index is 11.7. The van der Waals surface area contributed by atoms with Crippen LogP contribution in [0.1, 0.15) is 39.5 Å². The van der Waals surface area contributed by atoms with Crippen LogP contribution in [0.4, 0.5) is 4.79 Å². The third-order valence-corrected chi connectivity index (χ3v) is 4.44. The third-order valence-electron chi connectivity index (χ3n) is 2.58. The number of esters is 1. The molecule has 1 atom stereocenters. The molecular weight excluding hydrogens is 313 g/mol. The molecule has 1 amide bonds. The molecular formula is C13H24NO7P. The van der Waals surface area contributed by atoms with E-state index in [0.29, 0.717) is 12.8 Å². The molecule has 0 aliphatic heterocycles. The lowest BCUT2D eigenvalue weighted by molar-refractivity contribution is -0.151. The molecule has 8 nitrogen and oxygen atoms in total. The number of rotatable bonds is 11. The maximum Gasteiger partial charge on any atom is 0.410 e. The Hall–Kier alpha value is -1.40. The molecule has 0 radical (unpaired) electrons. The molecule has 0 aromatic heterocycles. The molecule has 0 saturated carbocycles. The number of ether oxygens (including phenoxy) is 2. The molecule has 0 aromatic carbocycles. The highest BCUT2D eigenvalue weighted by atomic mass is 31.2. The van der Waals surface area contributed by atoms with E-state index in [2.05, 4.69) is 14.8 Å². The zero-order chi connectivity index (χ0) is 17.0. The number of hydrogen-bond donors (Lipinski definition) is 2. The fourth-order valence-corrected chi connectivity index (χ4v) is 3.09. The van der Waals surface area contributed by atoms with Gasteiger partial charge in [-0.1, -0.05) is 20.3 Å². The van der Waals surface area contributed by atoms with E-state index in [1.165, 1.54) is 0 Å². The largest absolute Gasteiger partial charge is 0.428 e. The Balaban J connectivity index is 3.88. The lowest BCUT2D eigenvalue weighted by Crippen LogP contribution is -2.32. The van der Waals surface area contributed by atoms with Crippen LogP contribution in [0.15, 0.2) is 0 Å². The van der Waals surface area contributed by atoms with Gasteiger partial charge in [0.1, 0.15) is 0 Å². The summed E-state index contributed by atoms with van der Waals surface area (Å²) in [6, 6.07) is 0. The molecule has 128 valence electrons. The van der Waals surface area contributed by atoms with Gasteiger partial charge in [-0.2, -0.15) is 0 Å². The maximum absolute atomic E-state index is 11.7. The van der Waals surface area contributed by atoms with Crippen LogP contribution in [0, 0.1) is 0 Å². The molecule has 0 spiro atoms. The summed E-state index contributed by atoms with van der Waals surface area (Å²) in [6.45, 7) is 2.75. The average Bonchev–Trinajstić information content (AvgIpc) is 2.43. The van der Waals surface area contributed by atoms with Crippen molar-refractivity contribution in [2.45, 2.75) is 39.5 Å². The van der Waals surface area contributed by atoms with E-state index in [9.17, 15) is 23.8 Å². The van der Waals surface area contributed by atoms with Crippen molar-refractivity contribution in [3.63, 3.8) is 0 Å². The first-order valence-corrected chi connectivity index (χ1v) is 9.22. The van der Waals surface area contributed by atoms with Crippen LogP contribution in [-0.4, -0.2) is 48.4 Å². The van der Waals surface area contributed by atoms with Gasteiger partial charge in [0.2, 0.25) is 14.2 Å². The Morgan fingerprint density at radius 3 is 2.41 bits per heavy atom. The van der Waals surface area contributed by atoms with Gasteiger partial charge in [-0.3, -0.25) is 14.2 Å². The third kappa shape index (κ3) is 11.3. The molecule has 9 heteroatoms. The Labute approximate surface area is 130 Å². The number of ketones is 1. The quantitative estimate of drug-likeness (QED) is 0.334. The summed E-state index contributed by atoms with van der Waals surface area (Å²) < 4.78 is 20.8. The van der Waals surface area contributed by atoms with E-state index < -0.39 is 44.7 Å². The monoisotopic (exact) mass is 337 g/mol. The predicted molar refractivity (Wildman–Crippen MR) is 79.8 cm³/mol. The number of alkyl carbamates (subject to hydrolysis) is 1. The second-order valence-electron chi connectivity index (χ2n) is 4.79. The average molecular weight is 337 g/mol. The number of amides is 1. The van der Waals surface area contributed by atoms with E-state index in [-0.39, 0.29) is 12.6 Å². The van der Waals surface area contributed by atoms with Gasteiger partial charge in [0.05, 0.1) is 12.7 Å². The summed E-state index contributed by atoms with van der Waals surface area (Å²) in [6.07, 6.45) is 0.871. The van der Waals surface area contributed by atoms with Crippen LogP contribution in [-0.2, 0) is 23.6 Å². The zero-order valence-electron chi connectivity index (χ0n) is 13.0. The van der Waals surface area contributed by atoms with Gasteiger partial charge in [-0.25, -0.2) is 4.79 Å². The van der Waals surface area contributed by atoms with E-state index in [4.69, 9.17) is 0 Å². The number of nitrogens with one attached hydrogen (secondary N) is 1. The molecule has 0 aromatic rings. The van der Waals surface area contributed by atoms with Gasteiger partial charge in [0.15, 0.2) is 5.78 Å². The van der Waals surface area contributed by atoms with Crippen molar-refractivity contribution in [1.29, 1.82) is 0 Å². The van der Waals surface area contributed by atoms with E-state index in [0.717, 1.165) is 6.42 Å². The van der Waals surface area contributed by atoms with Crippen LogP contribution in [0.5, 0.6) is 0 Å². The van der Waals surface area contributed by atoms with Gasteiger partial charge in [0.25, 0.3) is 0 Å². The number of carbonyl (C=O) groups is 3. The summed E-state index contributed by atoms with van der Waals surface area (Å²) >= 11 is 0. The first-order valence-electron chi connectivity index (χ1n) is 7.19. The van der Waals surface area contributed by atoms with Crippen molar-refractivity contribution in [3.05, 3.63) is 0 Å². The normalized spacial score (nSPS) is 13.0. The van der Waals surface area contributed by atoms with E-state index in [1.807, 2.05) is 6.92 Å². The Morgan fingerprint density at radius 2 is 1.82 bits per heavy atom. The lowest BCUT2D eigenvalue weighted by Gasteiger charge is -2.11. The highest BCUT2D eigenvalue weighted by Gasteiger charge is 2.22. The minimum atomic E-state index is -3.48. The first-order chi connectivity index (χ1) is 10.3. The van der Waals surface area contributed by atoms with Gasteiger partial charge >= 0.3 is 12.1 Å². The minimum absolute atomic E-state index is 0.0903. The summed E-state index contributed by atoms with van der Waals surface area (Å²) in [5.74, 6) is -1.04. The minimum Gasteiger partial charge on any atom is -0.428 e. The highest BCUT2D eigenvalue weighted by Crippen LogP contribution is 2.40. The fraction of sp³-hybridized carbons (Fsp3) is 0.769. The molecule has 0 aliphatic carbocycles. The van der Waals surface area contributed by atoms with Crippen molar-refractivity contribution >= 4 is 25.2 Å². The second-order valence-corrected chi connectivity index (χ2v) is 7.25. The molecule has 22 heavy (non-hydrogen) atoms. The topological polar surface area (TPSA) is 119 Å². The van der Waals surface area contributed by atoms with Gasteiger partial charge in [-0.15, -0.1) is 0 Å². The van der Waals surface area contributed by atoms with Gasteiger partial charge in [0, 0.05) is 12.6 Å². The zero-order valence-corrected chi connectivity index (χ0v) is 13.9. The van der Waals surface area contributed by atoms with Crippen molar-refractivity contribution in [2.75, 3.05) is 25.7 Å². The first kappa shape index (κ1) is 20.6. The number of carbonyl (C=O) groups excluding carboxylic acids is 3. The van der Waals surface area contributed by atoms with Crippen molar-refractivity contribution in [3.8, 4) is 0 Å². The number of hydrogen-bond acceptors (Lipinski definition) is 6. The summed E-state index contributed by atoms with van der Waals surface area (Å²) in [5.41, 5.74) is 0. The smallest absolute Gasteiger partial charge is 0.410 e. The molecule has 1 unspecified atom stereocenters. The Morgan fingerprint density at radius 1 is 1.14 bits per heavy atom. The van der Waals surface area contributed by atoms with Crippen molar-refractivity contribution < 1.29 is 33.3 Å². The van der Waals surface area contributed by atoms with Crippen molar-refractivity contribution in [2.24, 2.45) is 0 Å². The molecule has 0 rings (SSSR count). The molecule has 0 saturated heterocycles. The number of unbranched alkanes of at least 4 members (excludes halogenated alkanes) is 1. The lowest BCUT2D eigenvalue weighted by atomic mass is 10.3. The van der Waals surface area contributed by atoms with E-state index in [1.54, 1.807) is 6.92 Å². The standard InChI is InChI=1S/C13H24NO7P/c1-3-5-7-22(18,19)9-11(15)8-14-13(17)21-10-20-12(16)6-4-2/h3-10H2,1-2H3,(H,14,17)(H,18,19). The van der Waals surface area contributed by atoms with Crippen molar-refractivity contribution in [1.82, 2.24) is 5.32 Å². The molecule has 0 fully saturated rings. The van der Waals surface area contributed by atoms with Gasteiger partial charge < -0.3 is 19.7 Å². The van der Waals surface area contributed by atoms with Crippen LogP contribution >= 0.6 is 7.37 Å². The molecule has 0 aliphatic rings. The predicted octanol–water partition coefficient (Wildman–Crippen LogP) is 1.65. The highest BCUT2D eigenvalue weighted by molar-refractivity contribution is 7.58. The van der Waals surface area contributed by atoms with Gasteiger partial charge in [-0.05, 0) is 12.8 Å². The Bertz CT molecular complexity index is 425. The van der Waals surface area contributed by atoms with Crippen LogP contribution in [0.25, 0.3) is 0 Å². The van der Waals surface area contributed by atoms with Crippen LogP contribution in [0.3, 0.4) is 0 Å².